The molecule has 4 aromatic rings. The molecular weight excluding hydrogens is 592 g/mol. The lowest BCUT2D eigenvalue weighted by molar-refractivity contribution is 0.229. The summed E-state index contributed by atoms with van der Waals surface area (Å²) in [6.07, 6.45) is 0. The Morgan fingerprint density at radius 2 is 0.809 bits per heavy atom. The molecule has 0 aliphatic heterocycles. The zero-order chi connectivity index (χ0) is 35.1. The molecule has 0 saturated heterocycles. The largest absolute Gasteiger partial charge is 0.337 e. The smallest absolute Gasteiger partial charge is 0.0883 e. The van der Waals surface area contributed by atoms with E-state index in [9.17, 15) is 0 Å². The lowest BCUT2D eigenvalue weighted by Crippen LogP contribution is -2.40. The van der Waals surface area contributed by atoms with Gasteiger partial charge in [-0.2, -0.15) is 0 Å². The van der Waals surface area contributed by atoms with E-state index < -0.39 is 0 Å². The van der Waals surface area contributed by atoms with Crippen LogP contribution in [-0.4, -0.2) is 6.04 Å². The zero-order valence-electron chi connectivity index (χ0n) is 31.6. The van der Waals surface area contributed by atoms with Gasteiger partial charge in [-0.1, -0.05) is 144 Å². The first-order valence-corrected chi connectivity index (χ1v) is 17.7. The van der Waals surface area contributed by atoms with E-state index in [-0.39, 0.29) is 27.7 Å². The molecule has 4 rings (SSSR count). The van der Waals surface area contributed by atoms with Gasteiger partial charge in [-0.25, -0.2) is 0 Å². The molecule has 0 radical (unpaired) electrons. The Morgan fingerprint density at radius 1 is 0.468 bits per heavy atom. The van der Waals surface area contributed by atoms with Gasteiger partial charge < -0.3 is 9.80 Å². The van der Waals surface area contributed by atoms with Gasteiger partial charge in [0.15, 0.2) is 0 Å². The summed E-state index contributed by atoms with van der Waals surface area (Å²) in [4.78, 5) is 4.77. The van der Waals surface area contributed by atoms with Crippen molar-refractivity contribution in [2.75, 3.05) is 9.80 Å². The molecule has 3 heteroatoms. The van der Waals surface area contributed by atoms with Crippen LogP contribution >= 0.6 is 11.6 Å². The molecule has 0 amide bonds. The Hall–Kier alpha value is -3.23. The van der Waals surface area contributed by atoms with E-state index in [2.05, 4.69) is 198 Å². The number of hydrogen-bond donors (Lipinski definition) is 0. The van der Waals surface area contributed by atoms with Gasteiger partial charge in [0.1, 0.15) is 0 Å². The lowest BCUT2D eigenvalue weighted by Gasteiger charge is -2.41. The van der Waals surface area contributed by atoms with Gasteiger partial charge >= 0.3 is 0 Å². The molecular formula is C44H59ClN2. The highest BCUT2D eigenvalue weighted by Crippen LogP contribution is 2.47. The molecule has 0 fully saturated rings. The minimum absolute atomic E-state index is 0.0677. The molecule has 0 heterocycles. The molecule has 47 heavy (non-hydrogen) atoms. The van der Waals surface area contributed by atoms with Crippen molar-refractivity contribution in [1.82, 2.24) is 0 Å². The Kier molecular flexibility index (Phi) is 10.4. The second kappa shape index (κ2) is 13.3. The summed E-state index contributed by atoms with van der Waals surface area (Å²) in [6, 6.07) is 33.7. The van der Waals surface area contributed by atoms with Crippen molar-refractivity contribution in [2.24, 2.45) is 11.3 Å². The molecule has 1 unspecified atom stereocenters. The number of anilines is 5. The van der Waals surface area contributed by atoms with Crippen LogP contribution in [0.5, 0.6) is 0 Å². The van der Waals surface area contributed by atoms with Gasteiger partial charge in [-0.15, -0.1) is 0 Å². The summed E-state index contributed by atoms with van der Waals surface area (Å²) in [5, 5.41) is 0.736. The van der Waals surface area contributed by atoms with Crippen LogP contribution in [0.2, 0.25) is 5.02 Å². The maximum absolute atomic E-state index is 7.64. The van der Waals surface area contributed by atoms with Gasteiger partial charge in [0.25, 0.3) is 0 Å². The fourth-order valence-corrected chi connectivity index (χ4v) is 6.48. The van der Waals surface area contributed by atoms with Crippen LogP contribution in [0.1, 0.15) is 114 Å². The summed E-state index contributed by atoms with van der Waals surface area (Å²) in [7, 11) is 0. The van der Waals surface area contributed by atoms with Crippen LogP contribution in [-0.2, 0) is 16.2 Å². The molecule has 0 N–H and O–H groups in total. The summed E-state index contributed by atoms with van der Waals surface area (Å²) < 4.78 is 0. The lowest BCUT2D eigenvalue weighted by atomic mass is 9.77. The van der Waals surface area contributed by atoms with E-state index in [4.69, 9.17) is 11.6 Å². The fourth-order valence-electron chi connectivity index (χ4n) is 6.18. The normalized spacial score (nSPS) is 14.1. The average molecular weight is 651 g/mol. The first-order chi connectivity index (χ1) is 21.6. The average Bonchev–Trinajstić information content (AvgIpc) is 2.97. The van der Waals surface area contributed by atoms with E-state index in [1.165, 1.54) is 16.7 Å². The van der Waals surface area contributed by atoms with Crippen LogP contribution in [0.15, 0.2) is 91.0 Å². The summed E-state index contributed by atoms with van der Waals surface area (Å²) >= 11 is 7.64. The quantitative estimate of drug-likeness (QED) is 0.196. The monoisotopic (exact) mass is 650 g/mol. The van der Waals surface area contributed by atoms with Crippen LogP contribution in [0.25, 0.3) is 0 Å². The third-order valence-electron chi connectivity index (χ3n) is 9.95. The molecule has 0 saturated carbocycles. The first kappa shape index (κ1) is 36.6. The van der Waals surface area contributed by atoms with E-state index >= 15 is 0 Å². The van der Waals surface area contributed by atoms with Gasteiger partial charge in [0.05, 0.1) is 16.4 Å². The van der Waals surface area contributed by atoms with Crippen LogP contribution < -0.4 is 9.80 Å². The minimum atomic E-state index is 0.0677. The van der Waals surface area contributed by atoms with E-state index in [0.29, 0.717) is 5.92 Å². The Bertz CT molecular complexity index is 1560. The number of benzene rings is 4. The molecule has 4 aromatic carbocycles. The van der Waals surface area contributed by atoms with Crippen LogP contribution in [0.4, 0.5) is 28.4 Å². The van der Waals surface area contributed by atoms with Crippen molar-refractivity contribution in [3.8, 4) is 0 Å². The highest BCUT2D eigenvalue weighted by atomic mass is 35.5. The number of hydrogen-bond acceptors (Lipinski definition) is 2. The van der Waals surface area contributed by atoms with E-state index in [1.54, 1.807) is 0 Å². The molecule has 0 aliphatic rings. The molecule has 2 nitrogen and oxygen atoms in total. The van der Waals surface area contributed by atoms with Gasteiger partial charge in [0.2, 0.25) is 0 Å². The van der Waals surface area contributed by atoms with Gasteiger partial charge in [-0.05, 0) is 99.7 Å². The summed E-state index contributed by atoms with van der Waals surface area (Å²) in [6.45, 7) is 32.0. The van der Waals surface area contributed by atoms with Crippen LogP contribution in [0, 0.1) is 11.3 Å². The van der Waals surface area contributed by atoms with Crippen molar-refractivity contribution < 1.29 is 0 Å². The molecule has 0 bridgehead atoms. The van der Waals surface area contributed by atoms with Crippen molar-refractivity contribution >= 4 is 40.0 Å². The fraction of sp³-hybridized carbons (Fsp3) is 0.455. The van der Waals surface area contributed by atoms with Crippen molar-refractivity contribution in [3.63, 3.8) is 0 Å². The zero-order valence-corrected chi connectivity index (χ0v) is 32.3. The van der Waals surface area contributed by atoms with Crippen LogP contribution in [0.3, 0.4) is 0 Å². The van der Waals surface area contributed by atoms with Crippen molar-refractivity contribution in [2.45, 2.75) is 119 Å². The van der Waals surface area contributed by atoms with Gasteiger partial charge in [-0.3, -0.25) is 0 Å². The van der Waals surface area contributed by atoms with Crippen molar-refractivity contribution in [3.05, 3.63) is 113 Å². The maximum Gasteiger partial charge on any atom is 0.0883 e. The number of halogens is 1. The number of rotatable bonds is 7. The molecule has 0 spiro atoms. The SMILES string of the molecule is CC([C@H](C)C(C)(C)C)N(c1ccc(C(C)(C)C)cc1)c1cccc(N(c2ccc(C(C)(C)C)cc2)c2ccc(C(C)(C)C)cc2)c1Cl. The molecule has 2 atom stereocenters. The van der Waals surface area contributed by atoms with Gasteiger partial charge in [0, 0.05) is 23.1 Å². The first-order valence-electron chi connectivity index (χ1n) is 17.3. The third kappa shape index (κ3) is 8.26. The standard InChI is InChI=1S/C44H59ClN2/c1-30(41(3,4)5)31(2)46(35-24-18-32(19-25-35)42(6,7)8)38-16-15-17-39(40(38)45)47(36-26-20-33(21-27-36)43(9,10)11)37-28-22-34(23-29-37)44(12,13)14/h15-31H,1-14H3/t30-,31?/m0/s1. The second-order valence-electron chi connectivity index (χ2n) is 17.6. The highest BCUT2D eigenvalue weighted by Gasteiger charge is 2.32. The van der Waals surface area contributed by atoms with Crippen molar-refractivity contribution in [1.29, 1.82) is 0 Å². The van der Waals surface area contributed by atoms with E-state index in [0.717, 1.165) is 33.5 Å². The Balaban J connectivity index is 1.94. The topological polar surface area (TPSA) is 6.48 Å². The summed E-state index contributed by atoms with van der Waals surface area (Å²) in [5.41, 5.74) is 9.54. The predicted molar refractivity (Wildman–Crippen MR) is 209 cm³/mol. The number of nitrogens with zero attached hydrogens (tertiary/aromatic N) is 2. The third-order valence-corrected chi connectivity index (χ3v) is 10.3. The minimum Gasteiger partial charge on any atom is -0.337 e. The Morgan fingerprint density at radius 3 is 1.15 bits per heavy atom. The predicted octanol–water partition coefficient (Wildman–Crippen LogP) is 13.9. The summed E-state index contributed by atoms with van der Waals surface area (Å²) in [5.74, 6) is 0.385. The second-order valence-corrected chi connectivity index (χ2v) is 18.0. The highest BCUT2D eigenvalue weighted by molar-refractivity contribution is 6.36. The van der Waals surface area contributed by atoms with E-state index in [1.807, 2.05) is 0 Å². The Labute approximate surface area is 292 Å². The molecule has 0 aliphatic carbocycles. The molecule has 252 valence electrons. The maximum atomic E-state index is 7.64. The molecule has 0 aromatic heterocycles.